The van der Waals surface area contributed by atoms with Gasteiger partial charge in [0.15, 0.2) is 5.78 Å². The smallest absolute Gasteiger partial charge is 0.195 e. The molecular formula is C28H20O3S. The highest BCUT2D eigenvalue weighted by Crippen LogP contribution is 2.45. The van der Waals surface area contributed by atoms with E-state index in [1.54, 1.807) is 35.6 Å². The molecule has 5 aromatic rings. The number of ketones is 1. The lowest BCUT2D eigenvalue weighted by molar-refractivity contribution is 0.104. The van der Waals surface area contributed by atoms with Crippen LogP contribution < -0.4 is 0 Å². The highest BCUT2D eigenvalue weighted by molar-refractivity contribution is 7.23. The molecule has 0 aliphatic rings. The Labute approximate surface area is 189 Å². The summed E-state index contributed by atoms with van der Waals surface area (Å²) in [6, 6.07) is 27.6. The molecule has 1 aromatic heterocycles. The quantitative estimate of drug-likeness (QED) is 0.293. The van der Waals surface area contributed by atoms with E-state index in [1.807, 2.05) is 73.7 Å². The number of phenols is 2. The van der Waals surface area contributed by atoms with E-state index in [-0.39, 0.29) is 17.3 Å². The van der Waals surface area contributed by atoms with E-state index >= 15 is 0 Å². The number of thiophene rings is 1. The topological polar surface area (TPSA) is 57.5 Å². The number of carbonyl (C=O) groups excluding carboxylic acids is 1. The molecule has 0 unspecified atom stereocenters. The van der Waals surface area contributed by atoms with Crippen LogP contribution in [0.1, 0.15) is 21.5 Å². The maximum absolute atomic E-state index is 13.9. The van der Waals surface area contributed by atoms with Crippen LogP contribution in [-0.4, -0.2) is 16.0 Å². The van der Waals surface area contributed by atoms with Crippen LogP contribution in [0.15, 0.2) is 91.0 Å². The SMILES string of the molecule is Cc1cccc(C(=O)c2c(-c3ccc(O)cc3)sc3cccc(-c4ccccc4O)c23)c1. The molecule has 0 spiro atoms. The lowest BCUT2D eigenvalue weighted by atomic mass is 9.92. The number of aryl methyl sites for hydroxylation is 1. The van der Waals surface area contributed by atoms with E-state index in [4.69, 9.17) is 0 Å². The van der Waals surface area contributed by atoms with Gasteiger partial charge in [0.25, 0.3) is 0 Å². The van der Waals surface area contributed by atoms with Crippen LogP contribution in [-0.2, 0) is 0 Å². The number of benzene rings is 4. The van der Waals surface area contributed by atoms with Gasteiger partial charge in [-0.25, -0.2) is 0 Å². The molecule has 4 aromatic carbocycles. The van der Waals surface area contributed by atoms with Crippen LogP contribution in [0, 0.1) is 6.92 Å². The third-order valence-electron chi connectivity index (χ3n) is 5.55. The maximum atomic E-state index is 13.9. The lowest BCUT2D eigenvalue weighted by Gasteiger charge is -2.10. The molecule has 0 amide bonds. The van der Waals surface area contributed by atoms with Gasteiger partial charge in [-0.1, -0.05) is 54.1 Å². The van der Waals surface area contributed by atoms with Gasteiger partial charge in [-0.15, -0.1) is 11.3 Å². The summed E-state index contributed by atoms with van der Waals surface area (Å²) >= 11 is 1.54. The molecule has 0 atom stereocenters. The summed E-state index contributed by atoms with van der Waals surface area (Å²) in [7, 11) is 0. The molecule has 32 heavy (non-hydrogen) atoms. The van der Waals surface area contributed by atoms with Crippen molar-refractivity contribution in [3.8, 4) is 33.1 Å². The Morgan fingerprint density at radius 1 is 0.781 bits per heavy atom. The molecule has 0 bridgehead atoms. The van der Waals surface area contributed by atoms with Crippen LogP contribution in [0.5, 0.6) is 11.5 Å². The van der Waals surface area contributed by atoms with Crippen LogP contribution in [0.25, 0.3) is 31.7 Å². The average Bonchev–Trinajstić information content (AvgIpc) is 3.19. The zero-order valence-electron chi connectivity index (χ0n) is 17.4. The average molecular weight is 437 g/mol. The van der Waals surface area contributed by atoms with Crippen molar-refractivity contribution in [2.45, 2.75) is 6.92 Å². The molecule has 5 rings (SSSR count). The first-order chi connectivity index (χ1) is 15.5. The first-order valence-corrected chi connectivity index (χ1v) is 11.1. The monoisotopic (exact) mass is 436 g/mol. The van der Waals surface area contributed by atoms with E-state index in [2.05, 4.69) is 0 Å². The van der Waals surface area contributed by atoms with Gasteiger partial charge in [0.1, 0.15) is 11.5 Å². The number of rotatable bonds is 4. The minimum atomic E-state index is -0.0640. The van der Waals surface area contributed by atoms with Crippen LogP contribution in [0.4, 0.5) is 0 Å². The van der Waals surface area contributed by atoms with Crippen molar-refractivity contribution in [3.05, 3.63) is 108 Å². The van der Waals surface area contributed by atoms with Crippen molar-refractivity contribution >= 4 is 27.2 Å². The Hall–Kier alpha value is -3.89. The summed E-state index contributed by atoms with van der Waals surface area (Å²) in [5.41, 5.74) is 4.62. The molecule has 0 saturated carbocycles. The number of aromatic hydroxyl groups is 2. The van der Waals surface area contributed by atoms with Crippen molar-refractivity contribution in [2.75, 3.05) is 0 Å². The summed E-state index contributed by atoms with van der Waals surface area (Å²) in [4.78, 5) is 14.7. The van der Waals surface area contributed by atoms with E-state index < -0.39 is 0 Å². The van der Waals surface area contributed by atoms with Gasteiger partial charge in [-0.3, -0.25) is 4.79 Å². The Kier molecular flexibility index (Phi) is 5.00. The number of carbonyl (C=O) groups is 1. The summed E-state index contributed by atoms with van der Waals surface area (Å²) in [6.45, 7) is 1.97. The Morgan fingerprint density at radius 3 is 2.25 bits per heavy atom. The fourth-order valence-corrected chi connectivity index (χ4v) is 5.27. The van der Waals surface area contributed by atoms with E-state index in [9.17, 15) is 15.0 Å². The maximum Gasteiger partial charge on any atom is 0.195 e. The van der Waals surface area contributed by atoms with Gasteiger partial charge < -0.3 is 10.2 Å². The van der Waals surface area contributed by atoms with Gasteiger partial charge in [0, 0.05) is 31.7 Å². The Balaban J connectivity index is 1.85. The minimum absolute atomic E-state index is 0.0640. The number of fused-ring (bicyclic) bond motifs is 1. The molecule has 4 heteroatoms. The summed E-state index contributed by atoms with van der Waals surface area (Å²) in [5.74, 6) is 0.286. The van der Waals surface area contributed by atoms with Crippen molar-refractivity contribution < 1.29 is 15.0 Å². The molecule has 0 saturated heterocycles. The second-order valence-corrected chi connectivity index (χ2v) is 8.80. The predicted molar refractivity (Wildman–Crippen MR) is 131 cm³/mol. The van der Waals surface area contributed by atoms with Crippen molar-refractivity contribution in [1.29, 1.82) is 0 Å². The first-order valence-electron chi connectivity index (χ1n) is 10.3. The first kappa shape index (κ1) is 20.0. The van der Waals surface area contributed by atoms with Gasteiger partial charge in [0.05, 0.1) is 0 Å². The molecule has 2 N–H and O–H groups in total. The summed E-state index contributed by atoms with van der Waals surface area (Å²) in [6.07, 6.45) is 0. The molecule has 156 valence electrons. The molecule has 3 nitrogen and oxygen atoms in total. The molecule has 0 radical (unpaired) electrons. The van der Waals surface area contributed by atoms with Crippen molar-refractivity contribution in [1.82, 2.24) is 0 Å². The fraction of sp³-hybridized carbons (Fsp3) is 0.0357. The zero-order valence-corrected chi connectivity index (χ0v) is 18.2. The van der Waals surface area contributed by atoms with Crippen LogP contribution >= 0.6 is 11.3 Å². The van der Waals surface area contributed by atoms with Gasteiger partial charge in [-0.2, -0.15) is 0 Å². The van der Waals surface area contributed by atoms with Gasteiger partial charge >= 0.3 is 0 Å². The molecular weight excluding hydrogens is 416 g/mol. The van der Waals surface area contributed by atoms with E-state index in [0.717, 1.165) is 31.7 Å². The molecule has 0 aliphatic heterocycles. The summed E-state index contributed by atoms with van der Waals surface area (Å²) in [5, 5.41) is 21.1. The standard InChI is InChI=1S/C28H20O3S/c1-17-6-4-7-19(16-17)27(31)26-25-22(21-8-2-3-10-23(21)30)9-5-11-24(25)32-28(26)18-12-14-20(29)15-13-18/h2-16,29-30H,1H3. The summed E-state index contributed by atoms with van der Waals surface area (Å²) < 4.78 is 0.963. The van der Waals surface area contributed by atoms with Crippen LogP contribution in [0.3, 0.4) is 0 Å². The highest BCUT2D eigenvalue weighted by Gasteiger charge is 2.24. The van der Waals surface area contributed by atoms with Crippen molar-refractivity contribution in [2.24, 2.45) is 0 Å². The van der Waals surface area contributed by atoms with Crippen LogP contribution in [0.2, 0.25) is 0 Å². The predicted octanol–water partition coefficient (Wildman–Crippen LogP) is 7.19. The molecule has 1 heterocycles. The van der Waals surface area contributed by atoms with Gasteiger partial charge in [0.2, 0.25) is 0 Å². The number of hydrogen-bond donors (Lipinski definition) is 2. The minimum Gasteiger partial charge on any atom is -0.508 e. The zero-order chi connectivity index (χ0) is 22.2. The Bertz CT molecular complexity index is 1460. The largest absolute Gasteiger partial charge is 0.508 e. The second-order valence-electron chi connectivity index (χ2n) is 7.75. The fourth-order valence-electron chi connectivity index (χ4n) is 4.04. The molecule has 0 aliphatic carbocycles. The molecule has 0 fully saturated rings. The number of phenolic OH excluding ortho intramolecular Hbond substituents is 2. The Morgan fingerprint density at radius 2 is 1.50 bits per heavy atom. The number of para-hydroxylation sites is 1. The van der Waals surface area contributed by atoms with E-state index in [0.29, 0.717) is 16.7 Å². The second kappa shape index (κ2) is 7.98. The normalized spacial score (nSPS) is 11.0. The van der Waals surface area contributed by atoms with E-state index in [1.165, 1.54) is 0 Å². The third kappa shape index (κ3) is 3.45. The van der Waals surface area contributed by atoms with Gasteiger partial charge in [-0.05, 0) is 60.5 Å². The lowest BCUT2D eigenvalue weighted by Crippen LogP contribution is -2.03. The highest BCUT2D eigenvalue weighted by atomic mass is 32.1. The number of hydrogen-bond acceptors (Lipinski definition) is 4. The third-order valence-corrected chi connectivity index (χ3v) is 6.75. The van der Waals surface area contributed by atoms with Crippen molar-refractivity contribution in [3.63, 3.8) is 0 Å².